The minimum absolute atomic E-state index is 0.0254. The normalized spacial score (nSPS) is 28.3. The van der Waals surface area contributed by atoms with Gasteiger partial charge in [0.2, 0.25) is 0 Å². The molecule has 6 nitrogen and oxygen atoms in total. The molecule has 0 bridgehead atoms. The van der Waals surface area contributed by atoms with Crippen molar-refractivity contribution in [2.45, 2.75) is 32.4 Å². The van der Waals surface area contributed by atoms with Crippen LogP contribution < -0.4 is 4.90 Å². The van der Waals surface area contributed by atoms with E-state index in [-0.39, 0.29) is 34.7 Å². The zero-order valence-corrected chi connectivity index (χ0v) is 15.1. The maximum absolute atomic E-state index is 12.1. The van der Waals surface area contributed by atoms with Gasteiger partial charge in [-0.3, -0.25) is 14.5 Å². The van der Waals surface area contributed by atoms with E-state index in [2.05, 4.69) is 11.8 Å². The number of carboxylic acid groups (broad SMARTS) is 1. The van der Waals surface area contributed by atoms with Gasteiger partial charge < -0.3 is 10.0 Å². The highest BCUT2D eigenvalue weighted by molar-refractivity contribution is 8.18. The molecule has 0 saturated carbocycles. The van der Waals surface area contributed by atoms with Gasteiger partial charge in [-0.2, -0.15) is 0 Å². The van der Waals surface area contributed by atoms with Crippen LogP contribution in [0.5, 0.6) is 0 Å². The second-order valence-corrected chi connectivity index (χ2v) is 7.48. The van der Waals surface area contributed by atoms with Crippen molar-refractivity contribution >= 4 is 34.6 Å². The summed E-state index contributed by atoms with van der Waals surface area (Å²) in [4.78, 5) is 39.0. The number of thioether (sulfide) groups is 1. The zero-order chi connectivity index (χ0) is 18.3. The lowest BCUT2D eigenvalue weighted by molar-refractivity contribution is -0.121. The van der Waals surface area contributed by atoms with E-state index in [4.69, 9.17) is 0 Å². The molecular formula is C18H20N2O4S. The monoisotopic (exact) mass is 360 g/mol. The minimum Gasteiger partial charge on any atom is -0.478 e. The summed E-state index contributed by atoms with van der Waals surface area (Å²) in [6.45, 7) is 4.08. The summed E-state index contributed by atoms with van der Waals surface area (Å²) in [6.07, 6.45) is 2.67. The third kappa shape index (κ3) is 3.04. The van der Waals surface area contributed by atoms with E-state index in [0.717, 1.165) is 23.1 Å². The van der Waals surface area contributed by atoms with Crippen molar-refractivity contribution in [3.8, 4) is 0 Å². The highest BCUT2D eigenvalue weighted by Gasteiger charge is 2.39. The van der Waals surface area contributed by atoms with Crippen LogP contribution in [0, 0.1) is 5.92 Å². The quantitative estimate of drug-likeness (QED) is 0.834. The topological polar surface area (TPSA) is 77.9 Å². The molecule has 1 aromatic rings. The summed E-state index contributed by atoms with van der Waals surface area (Å²) >= 11 is 0.963. The summed E-state index contributed by atoms with van der Waals surface area (Å²) in [7, 11) is 1.48. The SMILES string of the molecule is CC1CC(C=C2SC(=O)N(C)C2=O)C(C)N1c1ccccc1C(=O)O. The van der Waals surface area contributed by atoms with Crippen LogP contribution in [-0.2, 0) is 4.79 Å². The Hall–Kier alpha value is -2.28. The molecule has 3 unspecified atom stereocenters. The third-order valence-electron chi connectivity index (χ3n) is 4.91. The number of carboxylic acids is 1. The van der Waals surface area contributed by atoms with E-state index >= 15 is 0 Å². The predicted molar refractivity (Wildman–Crippen MR) is 96.8 cm³/mol. The standard InChI is InChI=1S/C18H20N2O4S/c1-10-8-12(9-15-16(21)19(3)18(24)25-15)11(2)20(10)14-7-5-4-6-13(14)17(22)23/h4-7,9-12H,8H2,1-3H3,(H,22,23). The summed E-state index contributed by atoms with van der Waals surface area (Å²) in [5.74, 6) is -1.15. The number of likely N-dealkylation sites (N-methyl/N-ethyl adjacent to an activating group) is 1. The predicted octanol–water partition coefficient (Wildman–Crippen LogP) is 3.20. The number of amides is 2. The van der Waals surface area contributed by atoms with E-state index in [9.17, 15) is 19.5 Å². The molecule has 0 spiro atoms. The van der Waals surface area contributed by atoms with Crippen molar-refractivity contribution in [3.05, 3.63) is 40.8 Å². The van der Waals surface area contributed by atoms with Gasteiger partial charge in [-0.25, -0.2) is 4.79 Å². The molecule has 25 heavy (non-hydrogen) atoms. The molecule has 2 fully saturated rings. The van der Waals surface area contributed by atoms with Crippen LogP contribution in [-0.4, -0.2) is 46.3 Å². The van der Waals surface area contributed by atoms with Crippen molar-refractivity contribution in [3.63, 3.8) is 0 Å². The molecule has 0 aliphatic carbocycles. The molecule has 3 atom stereocenters. The second kappa shape index (κ2) is 6.55. The zero-order valence-electron chi connectivity index (χ0n) is 14.3. The van der Waals surface area contributed by atoms with Gasteiger partial charge in [0.15, 0.2) is 0 Å². The van der Waals surface area contributed by atoms with Crippen molar-refractivity contribution in [2.24, 2.45) is 5.92 Å². The Labute approximate surface area is 150 Å². The number of hydrogen-bond donors (Lipinski definition) is 1. The van der Waals surface area contributed by atoms with Gasteiger partial charge in [-0.1, -0.05) is 18.2 Å². The molecule has 2 saturated heterocycles. The van der Waals surface area contributed by atoms with Crippen molar-refractivity contribution in [1.29, 1.82) is 0 Å². The number of carbonyl (C=O) groups excluding carboxylic acids is 2. The van der Waals surface area contributed by atoms with Gasteiger partial charge in [-0.15, -0.1) is 0 Å². The molecule has 132 valence electrons. The Morgan fingerprint density at radius 1 is 1.28 bits per heavy atom. The van der Waals surface area contributed by atoms with Crippen LogP contribution in [0.25, 0.3) is 0 Å². The van der Waals surface area contributed by atoms with Crippen LogP contribution in [0.4, 0.5) is 10.5 Å². The van der Waals surface area contributed by atoms with Gasteiger partial charge in [0.25, 0.3) is 11.1 Å². The van der Waals surface area contributed by atoms with Crippen molar-refractivity contribution < 1.29 is 19.5 Å². The van der Waals surface area contributed by atoms with Gasteiger partial charge in [0.1, 0.15) is 0 Å². The number of rotatable bonds is 3. The number of anilines is 1. The van der Waals surface area contributed by atoms with Crippen LogP contribution >= 0.6 is 11.8 Å². The van der Waals surface area contributed by atoms with Gasteiger partial charge >= 0.3 is 5.97 Å². The highest BCUT2D eigenvalue weighted by Crippen LogP contribution is 2.39. The molecule has 2 aliphatic heterocycles. The molecule has 2 amide bonds. The molecule has 2 heterocycles. The average molecular weight is 360 g/mol. The van der Waals surface area contributed by atoms with Crippen LogP contribution in [0.2, 0.25) is 0 Å². The fourth-order valence-corrected chi connectivity index (χ4v) is 4.49. The van der Waals surface area contributed by atoms with Crippen LogP contribution in [0.3, 0.4) is 0 Å². The average Bonchev–Trinajstić information content (AvgIpc) is 2.98. The third-order valence-corrected chi connectivity index (χ3v) is 5.89. The molecule has 1 N–H and O–H groups in total. The summed E-state index contributed by atoms with van der Waals surface area (Å²) in [6, 6.07) is 7.13. The van der Waals surface area contributed by atoms with Crippen LogP contribution in [0.1, 0.15) is 30.6 Å². The molecular weight excluding hydrogens is 340 g/mol. The van der Waals surface area contributed by atoms with E-state index in [1.165, 1.54) is 7.05 Å². The number of hydrogen-bond acceptors (Lipinski definition) is 5. The maximum Gasteiger partial charge on any atom is 0.337 e. The number of nitrogens with zero attached hydrogens (tertiary/aromatic N) is 2. The first kappa shape index (κ1) is 17.5. The smallest absolute Gasteiger partial charge is 0.337 e. The molecule has 1 aromatic carbocycles. The lowest BCUT2D eigenvalue weighted by Gasteiger charge is -2.30. The Kier molecular flexibility index (Phi) is 4.60. The first-order chi connectivity index (χ1) is 11.8. The molecule has 0 aromatic heterocycles. The number of imide groups is 1. The van der Waals surface area contributed by atoms with Crippen LogP contribution in [0.15, 0.2) is 35.2 Å². The Balaban J connectivity index is 1.90. The summed E-state index contributed by atoms with van der Waals surface area (Å²) < 4.78 is 0. The Morgan fingerprint density at radius 3 is 2.56 bits per heavy atom. The number of aromatic carboxylic acids is 1. The van der Waals surface area contributed by atoms with Crippen molar-refractivity contribution in [1.82, 2.24) is 4.90 Å². The van der Waals surface area contributed by atoms with Gasteiger partial charge in [0.05, 0.1) is 16.2 Å². The Bertz CT molecular complexity index is 776. The van der Waals surface area contributed by atoms with Gasteiger partial charge in [0, 0.05) is 25.0 Å². The number of carbonyl (C=O) groups is 3. The van der Waals surface area contributed by atoms with E-state index in [0.29, 0.717) is 10.6 Å². The lowest BCUT2D eigenvalue weighted by atomic mass is 9.99. The molecule has 2 aliphatic rings. The van der Waals surface area contributed by atoms with E-state index < -0.39 is 5.97 Å². The molecule has 7 heteroatoms. The largest absolute Gasteiger partial charge is 0.478 e. The van der Waals surface area contributed by atoms with Gasteiger partial charge in [-0.05, 0) is 44.2 Å². The first-order valence-electron chi connectivity index (χ1n) is 8.13. The number of para-hydroxylation sites is 1. The van der Waals surface area contributed by atoms with E-state index in [1.807, 2.05) is 25.1 Å². The summed E-state index contributed by atoms with van der Waals surface area (Å²) in [5.41, 5.74) is 0.963. The fraction of sp³-hybridized carbons (Fsp3) is 0.389. The fourth-order valence-electron chi connectivity index (χ4n) is 3.61. The van der Waals surface area contributed by atoms with E-state index in [1.54, 1.807) is 12.1 Å². The molecule has 0 radical (unpaired) electrons. The second-order valence-electron chi connectivity index (χ2n) is 6.48. The Morgan fingerprint density at radius 2 is 1.96 bits per heavy atom. The molecule has 3 rings (SSSR count). The van der Waals surface area contributed by atoms with Crippen molar-refractivity contribution in [2.75, 3.05) is 11.9 Å². The highest BCUT2D eigenvalue weighted by atomic mass is 32.2. The lowest BCUT2D eigenvalue weighted by Crippen LogP contribution is -2.35. The number of benzene rings is 1. The minimum atomic E-state index is -0.953. The summed E-state index contributed by atoms with van der Waals surface area (Å²) in [5, 5.41) is 9.20. The first-order valence-corrected chi connectivity index (χ1v) is 8.95. The maximum atomic E-state index is 12.1.